The molecule has 7 heteroatoms. The van der Waals surface area contributed by atoms with Crippen LogP contribution in [0.3, 0.4) is 0 Å². The summed E-state index contributed by atoms with van der Waals surface area (Å²) in [6, 6.07) is 22.5. The summed E-state index contributed by atoms with van der Waals surface area (Å²) in [7, 11) is 0. The van der Waals surface area contributed by atoms with Crippen LogP contribution in [0, 0.1) is 0 Å². The molecule has 4 rings (SSSR count). The molecule has 0 heterocycles. The van der Waals surface area contributed by atoms with Crippen LogP contribution in [0.15, 0.2) is 77.3 Å². The molecule has 0 aromatic heterocycles. The second-order valence-corrected chi connectivity index (χ2v) is 11.0. The van der Waals surface area contributed by atoms with Crippen LogP contribution in [0.1, 0.15) is 49.3 Å². The van der Waals surface area contributed by atoms with Gasteiger partial charge >= 0.3 is 0 Å². The summed E-state index contributed by atoms with van der Waals surface area (Å²) < 4.78 is 6.76. The molecular formula is C31H34BrClN2O3. The number of ether oxygens (including phenoxy) is 1. The van der Waals surface area contributed by atoms with Crippen molar-refractivity contribution < 1.29 is 14.3 Å². The molecule has 200 valence electrons. The number of hydrogen-bond donors (Lipinski definition) is 1. The Morgan fingerprint density at radius 3 is 2.42 bits per heavy atom. The van der Waals surface area contributed by atoms with Gasteiger partial charge in [-0.15, -0.1) is 0 Å². The zero-order valence-electron chi connectivity index (χ0n) is 21.7. The van der Waals surface area contributed by atoms with Crippen LogP contribution in [0.5, 0.6) is 5.75 Å². The molecule has 1 unspecified atom stereocenters. The Balaban J connectivity index is 1.61. The second-order valence-electron chi connectivity index (χ2n) is 9.75. The number of amides is 2. The minimum atomic E-state index is -0.695. The van der Waals surface area contributed by atoms with Gasteiger partial charge in [0.25, 0.3) is 5.91 Å². The molecule has 1 saturated carbocycles. The van der Waals surface area contributed by atoms with E-state index in [1.807, 2.05) is 66.7 Å². The first-order chi connectivity index (χ1) is 18.4. The van der Waals surface area contributed by atoms with E-state index in [1.54, 1.807) is 11.0 Å². The monoisotopic (exact) mass is 596 g/mol. The fraction of sp³-hybridized carbons (Fsp3) is 0.355. The molecule has 0 bridgehead atoms. The molecule has 3 aromatic rings. The molecule has 2 amide bonds. The van der Waals surface area contributed by atoms with Gasteiger partial charge in [0.1, 0.15) is 11.8 Å². The van der Waals surface area contributed by atoms with Crippen molar-refractivity contribution in [2.24, 2.45) is 0 Å². The summed E-state index contributed by atoms with van der Waals surface area (Å²) in [5.41, 5.74) is 3.01. The van der Waals surface area contributed by atoms with Crippen LogP contribution in [0.25, 0.3) is 0 Å². The van der Waals surface area contributed by atoms with E-state index in [4.69, 9.17) is 16.3 Å². The molecule has 1 atom stereocenters. The van der Waals surface area contributed by atoms with Gasteiger partial charge in [0.05, 0.1) is 4.47 Å². The van der Waals surface area contributed by atoms with Crippen molar-refractivity contribution in [1.29, 1.82) is 0 Å². The highest BCUT2D eigenvalue weighted by Crippen LogP contribution is 2.27. The lowest BCUT2D eigenvalue weighted by Gasteiger charge is -2.32. The number of aryl methyl sites for hydroxylation is 1. The number of carbonyl (C=O) groups is 2. The Bertz CT molecular complexity index is 1230. The fourth-order valence-corrected chi connectivity index (χ4v) is 5.61. The first-order valence-electron chi connectivity index (χ1n) is 13.2. The molecule has 38 heavy (non-hydrogen) atoms. The number of benzene rings is 3. The minimum absolute atomic E-state index is 0.135. The lowest BCUT2D eigenvalue weighted by atomic mass is 10.0. The van der Waals surface area contributed by atoms with Gasteiger partial charge in [-0.1, -0.05) is 79.9 Å². The van der Waals surface area contributed by atoms with Crippen molar-refractivity contribution in [3.63, 3.8) is 0 Å². The molecule has 3 aromatic carbocycles. The fourth-order valence-electron chi connectivity index (χ4n) is 4.86. The predicted octanol–water partition coefficient (Wildman–Crippen LogP) is 6.74. The van der Waals surface area contributed by atoms with Gasteiger partial charge in [-0.25, -0.2) is 0 Å². The second kappa shape index (κ2) is 13.8. The van der Waals surface area contributed by atoms with Crippen molar-refractivity contribution >= 4 is 39.3 Å². The van der Waals surface area contributed by atoms with Gasteiger partial charge in [-0.2, -0.15) is 0 Å². The summed E-state index contributed by atoms with van der Waals surface area (Å²) in [6.07, 6.45) is 5.47. The maximum Gasteiger partial charge on any atom is 0.261 e. The number of nitrogens with zero attached hydrogens (tertiary/aromatic N) is 1. The van der Waals surface area contributed by atoms with E-state index >= 15 is 0 Å². The first kappa shape index (κ1) is 28.2. The number of hydrogen-bond acceptors (Lipinski definition) is 3. The Labute approximate surface area is 238 Å². The van der Waals surface area contributed by atoms with E-state index in [0.29, 0.717) is 17.2 Å². The van der Waals surface area contributed by atoms with E-state index < -0.39 is 6.04 Å². The van der Waals surface area contributed by atoms with Gasteiger partial charge < -0.3 is 15.0 Å². The van der Waals surface area contributed by atoms with E-state index in [2.05, 4.69) is 28.2 Å². The summed E-state index contributed by atoms with van der Waals surface area (Å²) in [5, 5.41) is 3.80. The average Bonchev–Trinajstić information content (AvgIpc) is 3.43. The lowest BCUT2D eigenvalue weighted by Crippen LogP contribution is -2.53. The molecule has 0 spiro atoms. The Morgan fingerprint density at radius 1 is 1.00 bits per heavy atom. The van der Waals surface area contributed by atoms with Crippen LogP contribution in [0.2, 0.25) is 5.02 Å². The molecule has 5 nitrogen and oxygen atoms in total. The Hall–Kier alpha value is -2.83. The van der Waals surface area contributed by atoms with Crippen LogP contribution < -0.4 is 10.1 Å². The van der Waals surface area contributed by atoms with Crippen LogP contribution in [0.4, 0.5) is 0 Å². The first-order valence-corrected chi connectivity index (χ1v) is 14.4. The minimum Gasteiger partial charge on any atom is -0.483 e. The van der Waals surface area contributed by atoms with Gasteiger partial charge in [-0.3, -0.25) is 9.59 Å². The molecule has 1 aliphatic rings. The summed E-state index contributed by atoms with van der Waals surface area (Å²) in [6.45, 7) is 2.14. The van der Waals surface area contributed by atoms with Gasteiger partial charge in [0, 0.05) is 24.0 Å². The zero-order chi connectivity index (χ0) is 26.9. The summed E-state index contributed by atoms with van der Waals surface area (Å²) in [5.74, 6) is 0.192. The topological polar surface area (TPSA) is 58.6 Å². The highest BCUT2D eigenvalue weighted by Gasteiger charge is 2.32. The maximum absolute atomic E-state index is 13.8. The van der Waals surface area contributed by atoms with Crippen LogP contribution in [-0.2, 0) is 29.0 Å². The van der Waals surface area contributed by atoms with Crippen molar-refractivity contribution in [3.8, 4) is 5.75 Å². The van der Waals surface area contributed by atoms with Crippen molar-refractivity contribution in [2.45, 2.75) is 64.1 Å². The molecule has 1 N–H and O–H groups in total. The molecule has 1 fully saturated rings. The molecule has 0 saturated heterocycles. The van der Waals surface area contributed by atoms with E-state index in [-0.39, 0.29) is 31.0 Å². The van der Waals surface area contributed by atoms with Crippen molar-refractivity contribution in [1.82, 2.24) is 10.2 Å². The summed E-state index contributed by atoms with van der Waals surface area (Å²) >= 11 is 9.82. The smallest absolute Gasteiger partial charge is 0.261 e. The standard InChI is InChI=1S/C31H34BrClN2O3/c1-2-22-15-16-29(27(32)18-22)38-21-30(36)35(20-24-11-8-12-25(33)17-24)28(19-23-9-4-3-5-10-23)31(37)34-26-13-6-7-14-26/h3-5,8-12,15-18,26,28H,2,6-7,13-14,19-21H2,1H3,(H,34,37). The average molecular weight is 598 g/mol. The third kappa shape index (κ3) is 7.84. The Kier molecular flexibility index (Phi) is 10.2. The molecule has 0 aliphatic heterocycles. The molecular weight excluding hydrogens is 564 g/mol. The van der Waals surface area contributed by atoms with Gasteiger partial charge in [0.15, 0.2) is 6.61 Å². The maximum atomic E-state index is 13.8. The quantitative estimate of drug-likeness (QED) is 0.266. The lowest BCUT2D eigenvalue weighted by molar-refractivity contribution is -0.143. The van der Waals surface area contributed by atoms with E-state index in [1.165, 1.54) is 5.56 Å². The molecule has 0 radical (unpaired) electrons. The highest BCUT2D eigenvalue weighted by molar-refractivity contribution is 9.10. The number of carbonyl (C=O) groups excluding carboxylic acids is 2. The van der Waals surface area contributed by atoms with Crippen LogP contribution in [-0.4, -0.2) is 35.4 Å². The number of nitrogens with one attached hydrogen (secondary N) is 1. The Morgan fingerprint density at radius 2 is 1.74 bits per heavy atom. The number of rotatable bonds is 11. The number of halogens is 2. The normalized spacial score (nSPS) is 14.2. The molecule has 1 aliphatic carbocycles. The van der Waals surface area contributed by atoms with E-state index in [0.717, 1.165) is 47.7 Å². The van der Waals surface area contributed by atoms with Crippen molar-refractivity contribution in [3.05, 3.63) is 99.0 Å². The highest BCUT2D eigenvalue weighted by atomic mass is 79.9. The van der Waals surface area contributed by atoms with Gasteiger partial charge in [-0.05, 0) is 76.1 Å². The van der Waals surface area contributed by atoms with Gasteiger partial charge in [0.2, 0.25) is 5.91 Å². The third-order valence-electron chi connectivity index (χ3n) is 6.97. The van der Waals surface area contributed by atoms with Crippen LogP contribution >= 0.6 is 27.5 Å². The van der Waals surface area contributed by atoms with Crippen molar-refractivity contribution in [2.75, 3.05) is 6.61 Å². The largest absolute Gasteiger partial charge is 0.483 e. The summed E-state index contributed by atoms with van der Waals surface area (Å²) in [4.78, 5) is 29.1. The zero-order valence-corrected chi connectivity index (χ0v) is 24.0. The third-order valence-corrected chi connectivity index (χ3v) is 7.83. The van der Waals surface area contributed by atoms with E-state index in [9.17, 15) is 9.59 Å². The predicted molar refractivity (Wildman–Crippen MR) is 155 cm³/mol. The SMILES string of the molecule is CCc1ccc(OCC(=O)N(Cc2cccc(Cl)c2)C(Cc2ccccc2)C(=O)NC2CCCC2)c(Br)c1.